The number of nitrogens with zero attached hydrogens (tertiary/aromatic N) is 4. The Balaban J connectivity index is 2.07. The number of aromatic nitrogens is 4. The Morgan fingerprint density at radius 1 is 1.25 bits per heavy atom. The molecule has 3 rings (SSSR count). The average molecular weight is 387 g/mol. The lowest BCUT2D eigenvalue weighted by Crippen LogP contribution is -2.36. The number of nitro groups is 1. The summed E-state index contributed by atoms with van der Waals surface area (Å²) in [6, 6.07) is 2.68. The van der Waals surface area contributed by atoms with Crippen LogP contribution in [-0.4, -0.2) is 35.1 Å². The van der Waals surface area contributed by atoms with E-state index in [1.54, 1.807) is 0 Å². The highest BCUT2D eigenvalue weighted by atomic mass is 16.6. The van der Waals surface area contributed by atoms with E-state index in [9.17, 15) is 24.5 Å². The largest absolute Gasteiger partial charge is 0.481 e. The van der Waals surface area contributed by atoms with Crippen molar-refractivity contribution in [3.63, 3.8) is 0 Å². The molecule has 0 atom stereocenters. The first kappa shape index (κ1) is 19.0. The second kappa shape index (κ2) is 7.86. The van der Waals surface area contributed by atoms with Crippen LogP contribution in [0.1, 0.15) is 25.7 Å². The molecule has 0 fully saturated rings. The lowest BCUT2D eigenvalue weighted by molar-refractivity contribution is -0.384. The van der Waals surface area contributed by atoms with Gasteiger partial charge in [0.1, 0.15) is 5.69 Å². The molecule has 0 radical (unpaired) electrons. The van der Waals surface area contributed by atoms with Gasteiger partial charge in [-0.1, -0.05) is 6.42 Å². The second-order valence-electron chi connectivity index (χ2n) is 6.20. The van der Waals surface area contributed by atoms with Crippen LogP contribution >= 0.6 is 0 Å². The predicted molar refractivity (Wildman–Crippen MR) is 98.7 cm³/mol. The zero-order valence-electron chi connectivity index (χ0n) is 14.7. The molecule has 0 spiro atoms. The fourth-order valence-corrected chi connectivity index (χ4v) is 3.00. The van der Waals surface area contributed by atoms with Crippen molar-refractivity contribution in [2.24, 2.45) is 0 Å². The number of unbranched alkanes of at least 4 members (excludes halogenated alkanes) is 2. The van der Waals surface area contributed by atoms with Crippen molar-refractivity contribution in [3.8, 4) is 5.69 Å². The van der Waals surface area contributed by atoms with Gasteiger partial charge in [-0.25, -0.2) is 4.98 Å². The number of carbonyl (C=O) groups is 1. The van der Waals surface area contributed by atoms with Gasteiger partial charge in [-0.15, -0.1) is 0 Å². The molecule has 11 heteroatoms. The Kier molecular flexibility index (Phi) is 5.34. The second-order valence-corrected chi connectivity index (χ2v) is 6.20. The molecule has 3 aromatic rings. The number of carboxylic acids is 1. The number of nitrogens with one attached hydrogen (secondary N) is 1. The van der Waals surface area contributed by atoms with Gasteiger partial charge in [-0.05, 0) is 18.9 Å². The fourth-order valence-electron chi connectivity index (χ4n) is 3.00. The van der Waals surface area contributed by atoms with Gasteiger partial charge in [-0.2, -0.15) is 0 Å². The summed E-state index contributed by atoms with van der Waals surface area (Å²) in [6.45, 7) is 0.194. The Bertz CT molecular complexity index is 1150. The summed E-state index contributed by atoms with van der Waals surface area (Å²) in [5.74, 6) is -0.893. The van der Waals surface area contributed by atoms with Crippen LogP contribution in [0.4, 0.5) is 5.69 Å². The number of aliphatic carboxylic acids is 1. The normalized spacial score (nSPS) is 11.0. The Morgan fingerprint density at radius 3 is 2.68 bits per heavy atom. The van der Waals surface area contributed by atoms with Gasteiger partial charge >= 0.3 is 17.1 Å². The first-order valence-corrected chi connectivity index (χ1v) is 8.54. The first-order valence-electron chi connectivity index (χ1n) is 8.54. The lowest BCUT2D eigenvalue weighted by atomic mass is 10.2. The Labute approximate surface area is 157 Å². The molecule has 0 aliphatic rings. The van der Waals surface area contributed by atoms with Crippen LogP contribution in [0.3, 0.4) is 0 Å². The van der Waals surface area contributed by atoms with E-state index in [1.165, 1.54) is 40.0 Å². The summed E-state index contributed by atoms with van der Waals surface area (Å²) >= 11 is 0. The fraction of sp³-hybridized carbons (Fsp3) is 0.294. The molecule has 2 heterocycles. The minimum atomic E-state index is -0.893. The highest BCUT2D eigenvalue weighted by Crippen LogP contribution is 2.27. The molecular weight excluding hydrogens is 370 g/mol. The van der Waals surface area contributed by atoms with Gasteiger partial charge in [0.2, 0.25) is 0 Å². The number of benzene rings is 1. The quantitative estimate of drug-likeness (QED) is 0.256. The van der Waals surface area contributed by atoms with Gasteiger partial charge in [0.15, 0.2) is 0 Å². The third-order valence-corrected chi connectivity index (χ3v) is 4.32. The third kappa shape index (κ3) is 3.82. The van der Waals surface area contributed by atoms with Crippen LogP contribution in [0, 0.1) is 10.1 Å². The molecule has 11 nitrogen and oxygen atoms in total. The first-order chi connectivity index (χ1) is 13.4. The van der Waals surface area contributed by atoms with Crippen molar-refractivity contribution in [2.45, 2.75) is 32.2 Å². The third-order valence-electron chi connectivity index (χ3n) is 4.32. The van der Waals surface area contributed by atoms with E-state index in [2.05, 4.69) is 9.97 Å². The van der Waals surface area contributed by atoms with Crippen molar-refractivity contribution in [2.75, 3.05) is 0 Å². The monoisotopic (exact) mass is 387 g/mol. The number of aromatic amines is 1. The number of hydrogen-bond acceptors (Lipinski definition) is 6. The van der Waals surface area contributed by atoms with Crippen LogP contribution < -0.4 is 11.1 Å². The maximum absolute atomic E-state index is 12.3. The topological polar surface area (TPSA) is 153 Å². The zero-order chi connectivity index (χ0) is 20.3. The molecule has 0 saturated heterocycles. The summed E-state index contributed by atoms with van der Waals surface area (Å²) in [6.07, 6.45) is 5.94. The summed E-state index contributed by atoms with van der Waals surface area (Å²) in [5, 5.41) is 20.1. The average Bonchev–Trinajstić information content (AvgIpc) is 3.17. The minimum Gasteiger partial charge on any atom is -0.481 e. The van der Waals surface area contributed by atoms with Gasteiger partial charge < -0.3 is 19.2 Å². The van der Waals surface area contributed by atoms with Gasteiger partial charge in [0, 0.05) is 31.4 Å². The van der Waals surface area contributed by atoms with Crippen molar-refractivity contribution in [1.82, 2.24) is 19.1 Å². The summed E-state index contributed by atoms with van der Waals surface area (Å²) in [7, 11) is 0. The lowest BCUT2D eigenvalue weighted by Gasteiger charge is -2.12. The van der Waals surface area contributed by atoms with Gasteiger partial charge in [0.05, 0.1) is 22.3 Å². The molecule has 0 saturated carbocycles. The maximum atomic E-state index is 12.3. The standard InChI is InChI=1S/C17H17N5O6/c23-15(24)4-2-1-3-6-21-12-9-13(20-7-5-18-10-20)14(22(27)28)8-11(12)19-16(25)17(21)26/h5,7-10H,1-4,6H2,(H,19,25)(H,23,24). The number of H-pyrrole nitrogens is 1. The molecule has 146 valence electrons. The van der Waals surface area contributed by atoms with E-state index in [0.717, 1.165) is 0 Å². The number of fused-ring (bicyclic) bond motifs is 1. The molecule has 2 aromatic heterocycles. The van der Waals surface area contributed by atoms with E-state index < -0.39 is 22.0 Å². The molecular formula is C17H17N5O6. The number of imidazole rings is 1. The highest BCUT2D eigenvalue weighted by Gasteiger charge is 2.19. The Hall–Kier alpha value is -3.76. The van der Waals surface area contributed by atoms with Gasteiger partial charge in [0.25, 0.3) is 5.69 Å². The summed E-state index contributed by atoms with van der Waals surface area (Å²) in [5.41, 5.74) is -1.16. The number of rotatable bonds is 8. The predicted octanol–water partition coefficient (Wildman–Crippen LogP) is 1.43. The van der Waals surface area contributed by atoms with Crippen LogP contribution in [0.5, 0.6) is 0 Å². The van der Waals surface area contributed by atoms with Crippen molar-refractivity contribution in [3.05, 3.63) is 61.7 Å². The SMILES string of the molecule is O=C(O)CCCCCn1c(=O)c(=O)[nH]c2cc([N+](=O)[O-])c(-n3ccnc3)cc21. The van der Waals surface area contributed by atoms with Crippen LogP contribution in [0.2, 0.25) is 0 Å². The molecule has 0 unspecified atom stereocenters. The molecule has 1 aromatic carbocycles. The molecule has 0 aliphatic heterocycles. The molecule has 0 amide bonds. The molecule has 0 aliphatic carbocycles. The van der Waals surface area contributed by atoms with Crippen LogP contribution in [-0.2, 0) is 11.3 Å². The van der Waals surface area contributed by atoms with Crippen molar-refractivity contribution >= 4 is 22.7 Å². The number of hydrogen-bond donors (Lipinski definition) is 2. The van der Waals surface area contributed by atoms with Crippen molar-refractivity contribution in [1.29, 1.82) is 0 Å². The van der Waals surface area contributed by atoms with E-state index in [1.807, 2.05) is 0 Å². The molecule has 28 heavy (non-hydrogen) atoms. The molecule has 0 bridgehead atoms. The van der Waals surface area contributed by atoms with Gasteiger partial charge in [-0.3, -0.25) is 24.5 Å². The number of aryl methyl sites for hydroxylation is 1. The number of nitro benzene ring substituents is 1. The van der Waals surface area contributed by atoms with E-state index in [-0.39, 0.29) is 29.9 Å². The minimum absolute atomic E-state index is 0.0298. The highest BCUT2D eigenvalue weighted by molar-refractivity contribution is 5.82. The zero-order valence-corrected chi connectivity index (χ0v) is 14.7. The molecule has 2 N–H and O–H groups in total. The summed E-state index contributed by atoms with van der Waals surface area (Å²) < 4.78 is 2.71. The summed E-state index contributed by atoms with van der Waals surface area (Å²) in [4.78, 5) is 52.1. The van der Waals surface area contributed by atoms with E-state index in [4.69, 9.17) is 5.11 Å². The van der Waals surface area contributed by atoms with Crippen LogP contribution in [0.15, 0.2) is 40.4 Å². The van der Waals surface area contributed by atoms with Crippen molar-refractivity contribution < 1.29 is 14.8 Å². The smallest absolute Gasteiger partial charge is 0.316 e. The number of carboxylic acid groups (broad SMARTS) is 1. The Morgan fingerprint density at radius 2 is 2.04 bits per heavy atom. The van der Waals surface area contributed by atoms with E-state index >= 15 is 0 Å². The van der Waals surface area contributed by atoms with E-state index in [0.29, 0.717) is 24.8 Å². The maximum Gasteiger partial charge on any atom is 0.316 e. The van der Waals surface area contributed by atoms with Crippen LogP contribution in [0.25, 0.3) is 16.7 Å².